The summed E-state index contributed by atoms with van der Waals surface area (Å²) in [5, 5.41) is 25.1. The molecule has 1 heterocycles. The molecule has 1 aliphatic heterocycles. The van der Waals surface area contributed by atoms with Gasteiger partial charge in [-0.2, -0.15) is 0 Å². The molecule has 1 aliphatic rings. The minimum Gasteiger partial charge on any atom is -0.369 e. The summed E-state index contributed by atoms with van der Waals surface area (Å²) < 4.78 is 0. The van der Waals surface area contributed by atoms with Crippen LogP contribution in [0.5, 0.6) is 0 Å². The van der Waals surface area contributed by atoms with Crippen LogP contribution in [-0.2, 0) is 22.4 Å². The highest BCUT2D eigenvalue weighted by Crippen LogP contribution is 2.39. The Morgan fingerprint density at radius 2 is 1.27 bits per heavy atom. The van der Waals surface area contributed by atoms with Gasteiger partial charge in [-0.3, -0.25) is 29.8 Å². The number of nitrogens with two attached hydrogens (primary N) is 2. The summed E-state index contributed by atoms with van der Waals surface area (Å²) in [6.45, 7) is 0.212. The molecule has 33 heavy (non-hydrogen) atoms. The monoisotopic (exact) mass is 455 g/mol. The van der Waals surface area contributed by atoms with Crippen molar-refractivity contribution in [3.05, 3.63) is 79.9 Å². The lowest BCUT2D eigenvalue weighted by atomic mass is 9.73. The Hall–Kier alpha value is -3.86. The van der Waals surface area contributed by atoms with Crippen LogP contribution in [0, 0.1) is 32.1 Å². The van der Waals surface area contributed by atoms with Crippen molar-refractivity contribution in [2.24, 2.45) is 23.3 Å². The number of primary amides is 2. The number of carbonyl (C=O) groups excluding carboxylic acids is 2. The molecule has 3 rings (SSSR count). The van der Waals surface area contributed by atoms with Gasteiger partial charge in [-0.15, -0.1) is 0 Å². The van der Waals surface area contributed by atoms with Gasteiger partial charge in [-0.05, 0) is 36.8 Å². The lowest BCUT2D eigenvalue weighted by Crippen LogP contribution is -2.51. The first-order valence-electron chi connectivity index (χ1n) is 10.4. The Bertz CT molecular complexity index is 992. The average Bonchev–Trinajstić information content (AvgIpc) is 3.17. The molecule has 11 nitrogen and oxygen atoms in total. The number of nitro benzene ring substituents is 2. The average molecular weight is 455 g/mol. The highest BCUT2D eigenvalue weighted by atomic mass is 16.6. The van der Waals surface area contributed by atoms with Crippen molar-refractivity contribution in [2.45, 2.75) is 31.2 Å². The molecular weight excluding hydrogens is 430 g/mol. The van der Waals surface area contributed by atoms with Crippen molar-refractivity contribution in [1.29, 1.82) is 0 Å². The molecule has 0 aliphatic carbocycles. The van der Waals surface area contributed by atoms with Crippen molar-refractivity contribution in [2.75, 3.05) is 6.54 Å². The van der Waals surface area contributed by atoms with Crippen LogP contribution >= 0.6 is 0 Å². The second-order valence-electron chi connectivity index (χ2n) is 8.27. The maximum absolute atomic E-state index is 12.4. The van der Waals surface area contributed by atoms with Gasteiger partial charge in [0.15, 0.2) is 0 Å². The third-order valence-corrected chi connectivity index (χ3v) is 6.36. The zero-order valence-electron chi connectivity index (χ0n) is 17.8. The third kappa shape index (κ3) is 5.32. The number of rotatable bonds is 10. The van der Waals surface area contributed by atoms with Crippen LogP contribution in [0.25, 0.3) is 0 Å². The Labute approximate surface area is 189 Å². The van der Waals surface area contributed by atoms with Gasteiger partial charge in [0.25, 0.3) is 11.4 Å². The predicted molar refractivity (Wildman–Crippen MR) is 119 cm³/mol. The first-order chi connectivity index (χ1) is 15.6. The third-order valence-electron chi connectivity index (χ3n) is 6.36. The zero-order chi connectivity index (χ0) is 24.2. The van der Waals surface area contributed by atoms with E-state index in [2.05, 4.69) is 5.32 Å². The summed E-state index contributed by atoms with van der Waals surface area (Å²) in [6, 6.07) is 12.3. The van der Waals surface area contributed by atoms with Crippen molar-refractivity contribution < 1.29 is 19.4 Å². The van der Waals surface area contributed by atoms with Crippen molar-refractivity contribution in [1.82, 2.24) is 5.32 Å². The summed E-state index contributed by atoms with van der Waals surface area (Å²) in [7, 11) is 0. The molecule has 2 amide bonds. The molecule has 0 saturated carbocycles. The summed E-state index contributed by atoms with van der Waals surface area (Å²) in [5.74, 6) is -2.82. The Morgan fingerprint density at radius 3 is 1.61 bits per heavy atom. The van der Waals surface area contributed by atoms with Crippen LogP contribution in [0.2, 0.25) is 0 Å². The molecular formula is C22H25N5O6. The highest BCUT2D eigenvalue weighted by Gasteiger charge is 2.52. The molecule has 0 radical (unpaired) electrons. The first-order valence-corrected chi connectivity index (χ1v) is 10.4. The molecule has 0 aromatic heterocycles. The summed E-state index contributed by atoms with van der Waals surface area (Å²) in [6.07, 6.45) is 1.85. The SMILES string of the molecule is NC(=O)C1CNC(CCc2ccc([N+](=O)[O-])cc2)(CCc2ccc([N+](=O)[O-])cc2)C1C(N)=O. The smallest absolute Gasteiger partial charge is 0.269 e. The predicted octanol–water partition coefficient (Wildman–Crippen LogP) is 1.61. The van der Waals surface area contributed by atoms with Crippen LogP contribution in [0.4, 0.5) is 11.4 Å². The van der Waals surface area contributed by atoms with E-state index in [-0.39, 0.29) is 17.9 Å². The summed E-state index contributed by atoms with van der Waals surface area (Å²) in [4.78, 5) is 45.2. The van der Waals surface area contributed by atoms with Gasteiger partial charge in [0.05, 0.1) is 21.7 Å². The van der Waals surface area contributed by atoms with Gasteiger partial charge in [0.2, 0.25) is 11.8 Å². The quantitative estimate of drug-likeness (QED) is 0.359. The Kier molecular flexibility index (Phi) is 7.02. The normalized spacial score (nSPS) is 19.2. The number of nitrogens with one attached hydrogen (secondary N) is 1. The highest BCUT2D eigenvalue weighted by molar-refractivity contribution is 5.88. The zero-order valence-corrected chi connectivity index (χ0v) is 17.8. The summed E-state index contributed by atoms with van der Waals surface area (Å²) >= 11 is 0. The fourth-order valence-electron chi connectivity index (χ4n) is 4.58. The van der Waals surface area contributed by atoms with E-state index in [0.717, 1.165) is 11.1 Å². The number of benzene rings is 2. The Balaban J connectivity index is 1.84. The number of carbonyl (C=O) groups is 2. The van der Waals surface area contributed by atoms with Crippen LogP contribution in [0.3, 0.4) is 0 Å². The van der Waals surface area contributed by atoms with Crippen molar-refractivity contribution in [3.8, 4) is 0 Å². The van der Waals surface area contributed by atoms with Gasteiger partial charge in [-0.25, -0.2) is 0 Å². The fraction of sp³-hybridized carbons (Fsp3) is 0.364. The fourth-order valence-corrected chi connectivity index (χ4v) is 4.58. The number of aryl methyl sites for hydroxylation is 2. The van der Waals surface area contributed by atoms with Gasteiger partial charge in [-0.1, -0.05) is 24.3 Å². The first kappa shape index (κ1) is 23.8. The van der Waals surface area contributed by atoms with Crippen LogP contribution in [0.15, 0.2) is 48.5 Å². The van der Waals surface area contributed by atoms with Crippen LogP contribution < -0.4 is 16.8 Å². The van der Waals surface area contributed by atoms with E-state index in [1.165, 1.54) is 24.3 Å². The molecule has 1 fully saturated rings. The standard InChI is InChI=1S/C22H25N5O6/c23-20(28)18-13-25-22(19(18)21(24)29,11-9-14-1-5-16(6-2-14)26(30)31)12-10-15-3-7-17(8-4-15)27(32)33/h1-8,18-19,25H,9-13H2,(H2,23,28)(H2,24,29). The molecule has 0 bridgehead atoms. The largest absolute Gasteiger partial charge is 0.369 e. The second kappa shape index (κ2) is 9.74. The second-order valence-corrected chi connectivity index (χ2v) is 8.27. The van der Waals surface area contributed by atoms with E-state index < -0.39 is 39.0 Å². The molecule has 5 N–H and O–H groups in total. The number of non-ortho nitro benzene ring substituents is 2. The van der Waals surface area contributed by atoms with E-state index in [0.29, 0.717) is 25.7 Å². The molecule has 0 spiro atoms. The number of nitrogens with zero attached hydrogens (tertiary/aromatic N) is 2. The topological polar surface area (TPSA) is 184 Å². The van der Waals surface area contributed by atoms with E-state index in [4.69, 9.17) is 11.5 Å². The lowest BCUT2D eigenvalue weighted by Gasteiger charge is -2.35. The molecule has 2 aromatic carbocycles. The van der Waals surface area contributed by atoms with Gasteiger partial charge < -0.3 is 16.8 Å². The molecule has 11 heteroatoms. The van der Waals surface area contributed by atoms with Gasteiger partial charge in [0, 0.05) is 36.3 Å². The van der Waals surface area contributed by atoms with Gasteiger partial charge >= 0.3 is 0 Å². The number of hydrogen-bond donors (Lipinski definition) is 3. The van der Waals surface area contributed by atoms with E-state index in [1.54, 1.807) is 24.3 Å². The molecule has 2 unspecified atom stereocenters. The molecule has 174 valence electrons. The van der Waals surface area contributed by atoms with E-state index in [9.17, 15) is 29.8 Å². The minimum absolute atomic E-state index is 0.0190. The van der Waals surface area contributed by atoms with E-state index in [1.807, 2.05) is 0 Å². The Morgan fingerprint density at radius 1 is 0.848 bits per heavy atom. The molecule has 2 aromatic rings. The maximum atomic E-state index is 12.4. The summed E-state index contributed by atoms with van der Waals surface area (Å²) in [5.41, 5.74) is 12.1. The van der Waals surface area contributed by atoms with Gasteiger partial charge in [0.1, 0.15) is 0 Å². The van der Waals surface area contributed by atoms with Crippen LogP contribution in [-0.4, -0.2) is 33.7 Å². The molecule has 2 atom stereocenters. The number of hydrogen-bond acceptors (Lipinski definition) is 7. The van der Waals surface area contributed by atoms with Crippen molar-refractivity contribution in [3.63, 3.8) is 0 Å². The van der Waals surface area contributed by atoms with Crippen molar-refractivity contribution >= 4 is 23.2 Å². The number of nitro groups is 2. The maximum Gasteiger partial charge on any atom is 0.269 e. The van der Waals surface area contributed by atoms with Crippen LogP contribution in [0.1, 0.15) is 24.0 Å². The minimum atomic E-state index is -0.828. The molecule has 1 saturated heterocycles. The lowest BCUT2D eigenvalue weighted by molar-refractivity contribution is -0.385. The number of amides is 2. The van der Waals surface area contributed by atoms with E-state index >= 15 is 0 Å².